The Bertz CT molecular complexity index is 715. The van der Waals surface area contributed by atoms with Gasteiger partial charge in [-0.05, 0) is 36.1 Å². The van der Waals surface area contributed by atoms with Crippen LogP contribution in [-0.2, 0) is 0 Å². The predicted octanol–water partition coefficient (Wildman–Crippen LogP) is 5.31. The van der Waals surface area contributed by atoms with Crippen LogP contribution in [0, 0.1) is 5.41 Å². The summed E-state index contributed by atoms with van der Waals surface area (Å²) in [5.74, 6) is -0.781. The quantitative estimate of drug-likeness (QED) is 0.525. The Morgan fingerprint density at radius 1 is 1.36 bits per heavy atom. The molecule has 0 aliphatic carbocycles. The van der Waals surface area contributed by atoms with Crippen molar-refractivity contribution in [1.29, 1.82) is 5.41 Å². The number of ketones is 1. The van der Waals surface area contributed by atoms with Crippen LogP contribution >= 0.6 is 11.8 Å². The van der Waals surface area contributed by atoms with Crippen LogP contribution in [-0.4, -0.2) is 23.1 Å². The van der Waals surface area contributed by atoms with E-state index in [4.69, 9.17) is 5.41 Å². The average molecular weight is 367 g/mol. The van der Waals surface area contributed by atoms with Crippen molar-refractivity contribution in [3.8, 4) is 5.75 Å². The van der Waals surface area contributed by atoms with Gasteiger partial charge >= 0.3 is 6.36 Å². The van der Waals surface area contributed by atoms with Gasteiger partial charge in [-0.2, -0.15) is 0 Å². The number of carbonyl (C=O) groups is 1. The van der Waals surface area contributed by atoms with Crippen molar-refractivity contribution in [2.75, 3.05) is 0 Å². The molecule has 1 aromatic carbocycles. The molecule has 1 aromatic rings. The number of benzene rings is 1. The van der Waals surface area contributed by atoms with Crippen molar-refractivity contribution in [3.63, 3.8) is 0 Å². The molecule has 1 aliphatic heterocycles. The van der Waals surface area contributed by atoms with Gasteiger partial charge in [0.25, 0.3) is 0 Å². The molecular weight excluding hydrogens is 351 g/mol. The number of carbonyl (C=O) groups excluding carboxylic acids is 1. The number of ether oxygens (including phenoxy) is 1. The number of hydrogen-bond donors (Lipinski definition) is 1. The third-order valence-electron chi connectivity index (χ3n) is 3.20. The molecule has 0 aromatic heterocycles. The topological polar surface area (TPSA) is 50.2 Å². The lowest BCUT2D eigenvalue weighted by Crippen LogP contribution is -2.17. The zero-order valence-corrected chi connectivity index (χ0v) is 13.9. The molecule has 132 valence electrons. The second-order valence-electron chi connectivity index (χ2n) is 5.20. The van der Waals surface area contributed by atoms with Crippen molar-refractivity contribution in [3.05, 3.63) is 65.6 Å². The van der Waals surface area contributed by atoms with E-state index in [2.05, 4.69) is 10.8 Å². The first-order chi connectivity index (χ1) is 11.8. The molecule has 0 saturated heterocycles. The first-order valence-corrected chi connectivity index (χ1v) is 8.40. The lowest BCUT2D eigenvalue weighted by atomic mass is 10.1. The number of rotatable bonds is 7. The summed E-state index contributed by atoms with van der Waals surface area (Å²) in [5, 5.41) is 10.1. The maximum absolute atomic E-state index is 12.2. The minimum Gasteiger partial charge on any atom is -0.406 e. The van der Waals surface area contributed by atoms with Gasteiger partial charge in [-0.3, -0.25) is 4.79 Å². The summed E-state index contributed by atoms with van der Waals surface area (Å²) < 4.78 is 40.4. The summed E-state index contributed by atoms with van der Waals surface area (Å²) in [4.78, 5) is 12.0. The Balaban J connectivity index is 1.87. The molecule has 3 nitrogen and oxygen atoms in total. The summed E-state index contributed by atoms with van der Waals surface area (Å²) in [6.07, 6.45) is 4.81. The smallest absolute Gasteiger partial charge is 0.406 e. The molecule has 0 spiro atoms. The van der Waals surface area contributed by atoms with Crippen LogP contribution in [0.25, 0.3) is 0 Å². The van der Waals surface area contributed by atoms with Crippen LogP contribution in [0.1, 0.15) is 23.2 Å². The number of Topliss-reactive ketones (excluding diaryl/α,β-unsaturated/α-hetero) is 1. The normalized spacial score (nSPS) is 17.5. The molecule has 25 heavy (non-hydrogen) atoms. The van der Waals surface area contributed by atoms with E-state index >= 15 is 0 Å². The van der Waals surface area contributed by atoms with Crippen molar-refractivity contribution >= 4 is 23.3 Å². The predicted molar refractivity (Wildman–Crippen MR) is 93.2 cm³/mol. The summed E-state index contributed by atoms with van der Waals surface area (Å²) in [7, 11) is 0. The summed E-state index contributed by atoms with van der Waals surface area (Å²) in [6, 6.07) is 4.95. The van der Waals surface area contributed by atoms with E-state index < -0.39 is 12.1 Å². The third kappa shape index (κ3) is 7.01. The van der Waals surface area contributed by atoms with E-state index in [1.54, 1.807) is 17.8 Å². The fraction of sp³-hybridized carbons (Fsp3) is 0.222. The maximum atomic E-state index is 12.2. The number of thioether (sulfide) groups is 1. The molecule has 0 radical (unpaired) electrons. The van der Waals surface area contributed by atoms with Gasteiger partial charge in [-0.1, -0.05) is 30.4 Å². The van der Waals surface area contributed by atoms with Gasteiger partial charge in [0.1, 0.15) is 5.75 Å². The van der Waals surface area contributed by atoms with E-state index in [0.29, 0.717) is 5.25 Å². The molecule has 2 rings (SSSR count). The highest BCUT2D eigenvalue weighted by molar-refractivity contribution is 8.03. The molecule has 1 unspecified atom stereocenters. The first-order valence-electron chi connectivity index (χ1n) is 7.46. The molecule has 1 atom stereocenters. The number of alkyl halides is 3. The van der Waals surface area contributed by atoms with Gasteiger partial charge in [0.05, 0.1) is 5.71 Å². The van der Waals surface area contributed by atoms with Crippen molar-refractivity contribution in [2.45, 2.75) is 24.5 Å². The van der Waals surface area contributed by atoms with Crippen LogP contribution in [0.2, 0.25) is 0 Å². The molecule has 1 N–H and O–H groups in total. The number of nitrogens with one attached hydrogen (secondary N) is 1. The van der Waals surface area contributed by atoms with Gasteiger partial charge in [0.2, 0.25) is 0 Å². The Morgan fingerprint density at radius 3 is 2.84 bits per heavy atom. The van der Waals surface area contributed by atoms with Gasteiger partial charge in [0, 0.05) is 17.2 Å². The molecule has 1 aliphatic rings. The number of halogens is 3. The van der Waals surface area contributed by atoms with E-state index in [1.165, 1.54) is 24.3 Å². The number of hydrogen-bond acceptors (Lipinski definition) is 4. The molecule has 0 fully saturated rings. The van der Waals surface area contributed by atoms with E-state index in [1.807, 2.05) is 11.5 Å². The second-order valence-corrected chi connectivity index (χ2v) is 6.35. The summed E-state index contributed by atoms with van der Waals surface area (Å²) in [6.45, 7) is 0. The van der Waals surface area contributed by atoms with E-state index in [-0.39, 0.29) is 23.5 Å². The van der Waals surface area contributed by atoms with Crippen LogP contribution in [0.3, 0.4) is 0 Å². The second kappa shape index (κ2) is 8.71. The SMILES string of the molecule is N=C(/C=C\CC(=O)c1cccc(OC(F)(F)F)c1)/C=C/C1CC=CS1. The Kier molecular flexibility index (Phi) is 6.64. The van der Waals surface area contributed by atoms with Gasteiger partial charge < -0.3 is 10.1 Å². The van der Waals surface area contributed by atoms with Gasteiger partial charge in [0.15, 0.2) is 5.78 Å². The monoisotopic (exact) mass is 367 g/mol. The first kappa shape index (κ1) is 19.1. The Labute approximate surface area is 147 Å². The van der Waals surface area contributed by atoms with E-state index in [9.17, 15) is 18.0 Å². The zero-order valence-electron chi connectivity index (χ0n) is 13.1. The average Bonchev–Trinajstić information content (AvgIpc) is 3.05. The Hall–Kier alpha value is -2.28. The largest absolute Gasteiger partial charge is 0.573 e. The fourth-order valence-corrected chi connectivity index (χ4v) is 2.89. The van der Waals surface area contributed by atoms with Crippen molar-refractivity contribution in [1.82, 2.24) is 0 Å². The minimum absolute atomic E-state index is 0.00851. The summed E-state index contributed by atoms with van der Waals surface area (Å²) >= 11 is 1.68. The van der Waals surface area contributed by atoms with Gasteiger partial charge in [-0.25, -0.2) is 0 Å². The van der Waals surface area contributed by atoms with Crippen LogP contribution in [0.15, 0.2) is 60.1 Å². The van der Waals surface area contributed by atoms with Crippen LogP contribution < -0.4 is 4.74 Å². The molecule has 0 saturated carbocycles. The lowest BCUT2D eigenvalue weighted by molar-refractivity contribution is -0.274. The van der Waals surface area contributed by atoms with Crippen molar-refractivity contribution < 1.29 is 22.7 Å². The maximum Gasteiger partial charge on any atom is 0.573 e. The Morgan fingerprint density at radius 2 is 2.16 bits per heavy atom. The van der Waals surface area contributed by atoms with Crippen LogP contribution in [0.4, 0.5) is 13.2 Å². The third-order valence-corrected chi connectivity index (χ3v) is 4.25. The fourth-order valence-electron chi connectivity index (χ4n) is 2.07. The van der Waals surface area contributed by atoms with Gasteiger partial charge in [-0.15, -0.1) is 24.9 Å². The van der Waals surface area contributed by atoms with Crippen molar-refractivity contribution in [2.24, 2.45) is 0 Å². The highest BCUT2D eigenvalue weighted by Crippen LogP contribution is 2.25. The summed E-state index contributed by atoms with van der Waals surface area (Å²) in [5.41, 5.74) is 0.386. The van der Waals surface area contributed by atoms with E-state index in [0.717, 1.165) is 18.6 Å². The van der Waals surface area contributed by atoms with Crippen LogP contribution in [0.5, 0.6) is 5.75 Å². The molecule has 7 heteroatoms. The molecular formula is C18H16F3NO2S. The lowest BCUT2D eigenvalue weighted by Gasteiger charge is -2.09. The standard InChI is InChI=1S/C18H16F3NO2S/c19-18(20,21)24-15-6-1-4-13(12-15)17(23)8-2-5-14(22)9-10-16-7-3-11-25-16/h1-6,9-12,16,22H,7-8H2/b5-2-,10-9+,22-14?. The number of allylic oxidation sites excluding steroid dienone is 4. The highest BCUT2D eigenvalue weighted by atomic mass is 32.2. The molecule has 1 heterocycles. The zero-order chi connectivity index (χ0) is 18.3. The highest BCUT2D eigenvalue weighted by Gasteiger charge is 2.31. The molecule has 0 bridgehead atoms. The minimum atomic E-state index is -4.80. The molecule has 0 amide bonds.